The van der Waals surface area contributed by atoms with E-state index in [0.717, 1.165) is 5.01 Å². The molecule has 7 heteroatoms. The van der Waals surface area contributed by atoms with Crippen molar-refractivity contribution in [3.05, 3.63) is 16.6 Å². The van der Waals surface area contributed by atoms with Crippen LogP contribution in [0.15, 0.2) is 11.6 Å². The Hall–Kier alpha value is -0.500. The summed E-state index contributed by atoms with van der Waals surface area (Å²) < 4.78 is 21.3. The van der Waals surface area contributed by atoms with Crippen molar-refractivity contribution in [3.8, 4) is 0 Å². The van der Waals surface area contributed by atoms with Crippen LogP contribution < -0.4 is 10.5 Å². The monoisotopic (exact) mass is 249 g/mol. The number of hydrogen-bond donors (Lipinski definition) is 2. The van der Waals surface area contributed by atoms with Gasteiger partial charge in [-0.25, -0.2) is 18.5 Å². The third kappa shape index (κ3) is 5.22. The van der Waals surface area contributed by atoms with Crippen molar-refractivity contribution in [2.75, 3.05) is 12.3 Å². The smallest absolute Gasteiger partial charge is 0.209 e. The Kier molecular flexibility index (Phi) is 4.65. The minimum atomic E-state index is -3.33. The lowest BCUT2D eigenvalue weighted by atomic mass is 10.3. The van der Waals surface area contributed by atoms with Gasteiger partial charge < -0.3 is 5.32 Å². The molecule has 0 aliphatic heterocycles. The van der Waals surface area contributed by atoms with Gasteiger partial charge in [0.05, 0.1) is 11.8 Å². The van der Waals surface area contributed by atoms with E-state index in [1.165, 1.54) is 0 Å². The molecule has 0 aliphatic rings. The van der Waals surface area contributed by atoms with Crippen molar-refractivity contribution < 1.29 is 8.42 Å². The maximum absolute atomic E-state index is 10.6. The molecule has 0 aliphatic carbocycles. The van der Waals surface area contributed by atoms with Gasteiger partial charge in [-0.3, -0.25) is 0 Å². The van der Waals surface area contributed by atoms with E-state index in [0.29, 0.717) is 13.0 Å². The number of nitrogens with zero attached hydrogens (tertiary/aromatic N) is 1. The van der Waals surface area contributed by atoms with E-state index < -0.39 is 10.0 Å². The molecule has 1 atom stereocenters. The molecule has 0 saturated heterocycles. The molecular formula is C8H15N3O2S2. The van der Waals surface area contributed by atoms with Crippen molar-refractivity contribution in [2.24, 2.45) is 5.14 Å². The zero-order valence-electron chi connectivity index (χ0n) is 8.51. The first-order valence-corrected chi connectivity index (χ1v) is 7.22. The second kappa shape index (κ2) is 5.55. The molecule has 0 amide bonds. The third-order valence-corrected chi connectivity index (χ3v) is 3.69. The lowest BCUT2D eigenvalue weighted by Crippen LogP contribution is -2.24. The first kappa shape index (κ1) is 12.6. The van der Waals surface area contributed by atoms with Gasteiger partial charge in [0.25, 0.3) is 0 Å². The van der Waals surface area contributed by atoms with Gasteiger partial charge in [-0.2, -0.15) is 0 Å². The number of hydrogen-bond acceptors (Lipinski definition) is 5. The van der Waals surface area contributed by atoms with Crippen LogP contribution in [0, 0.1) is 0 Å². The first-order valence-electron chi connectivity index (χ1n) is 4.62. The molecule has 0 saturated carbocycles. The van der Waals surface area contributed by atoms with Crippen molar-refractivity contribution >= 4 is 21.4 Å². The predicted octanol–water partition coefficient (Wildman–Crippen LogP) is 0.472. The summed E-state index contributed by atoms with van der Waals surface area (Å²) in [6.45, 7) is 2.62. The van der Waals surface area contributed by atoms with Crippen molar-refractivity contribution in [2.45, 2.75) is 19.4 Å². The van der Waals surface area contributed by atoms with Crippen LogP contribution in [0.3, 0.4) is 0 Å². The normalized spacial score (nSPS) is 14.0. The Morgan fingerprint density at radius 1 is 1.67 bits per heavy atom. The molecule has 0 aromatic carbocycles. The number of primary sulfonamides is 1. The second-order valence-electron chi connectivity index (χ2n) is 3.27. The predicted molar refractivity (Wildman–Crippen MR) is 61.1 cm³/mol. The molecule has 0 spiro atoms. The molecule has 15 heavy (non-hydrogen) atoms. The fraction of sp³-hybridized carbons (Fsp3) is 0.625. The van der Waals surface area contributed by atoms with Gasteiger partial charge in [0.2, 0.25) is 10.0 Å². The molecule has 1 unspecified atom stereocenters. The fourth-order valence-corrected chi connectivity index (χ4v) is 2.34. The first-order chi connectivity index (χ1) is 6.99. The second-order valence-corrected chi connectivity index (χ2v) is 5.93. The largest absolute Gasteiger partial charge is 0.308 e. The topological polar surface area (TPSA) is 85.1 Å². The van der Waals surface area contributed by atoms with Crippen LogP contribution in [-0.2, 0) is 10.0 Å². The van der Waals surface area contributed by atoms with Gasteiger partial charge in [0.1, 0.15) is 5.01 Å². The summed E-state index contributed by atoms with van der Waals surface area (Å²) in [5.74, 6) is 0.0184. The van der Waals surface area contributed by atoms with E-state index in [2.05, 4.69) is 10.3 Å². The standard InChI is InChI=1S/C8H15N3O2S2/c1-7(8-11-4-5-14-8)10-3-2-6-15(9,12)13/h4-5,7,10H,2-3,6H2,1H3,(H2,9,12,13). The molecule has 3 N–H and O–H groups in total. The number of nitrogens with one attached hydrogen (secondary N) is 1. The number of rotatable bonds is 6. The summed E-state index contributed by atoms with van der Waals surface area (Å²) >= 11 is 1.58. The van der Waals surface area contributed by atoms with Crippen molar-refractivity contribution in [1.29, 1.82) is 0 Å². The average Bonchev–Trinajstić information content (AvgIpc) is 2.63. The molecule has 1 aromatic rings. The van der Waals surface area contributed by atoms with Crippen LogP contribution in [0.25, 0.3) is 0 Å². The molecule has 0 bridgehead atoms. The lowest BCUT2D eigenvalue weighted by molar-refractivity contribution is 0.559. The molecule has 86 valence electrons. The van der Waals surface area contributed by atoms with Crippen LogP contribution >= 0.6 is 11.3 Å². The number of aromatic nitrogens is 1. The van der Waals surface area contributed by atoms with Gasteiger partial charge in [-0.15, -0.1) is 11.3 Å². The lowest BCUT2D eigenvalue weighted by Gasteiger charge is -2.10. The molecule has 1 rings (SSSR count). The van der Waals surface area contributed by atoms with Crippen LogP contribution in [0.5, 0.6) is 0 Å². The zero-order valence-corrected chi connectivity index (χ0v) is 10.1. The van der Waals surface area contributed by atoms with Crippen LogP contribution in [0.4, 0.5) is 0 Å². The highest BCUT2D eigenvalue weighted by Crippen LogP contribution is 2.14. The van der Waals surface area contributed by atoms with Gasteiger partial charge in [0, 0.05) is 11.6 Å². The van der Waals surface area contributed by atoms with E-state index in [1.54, 1.807) is 17.5 Å². The molecule has 1 heterocycles. The maximum atomic E-state index is 10.6. The van der Waals surface area contributed by atoms with Gasteiger partial charge in [0.15, 0.2) is 0 Å². The van der Waals surface area contributed by atoms with Crippen molar-refractivity contribution in [3.63, 3.8) is 0 Å². The highest BCUT2D eigenvalue weighted by molar-refractivity contribution is 7.89. The Labute approximate surface area is 93.8 Å². The average molecular weight is 249 g/mol. The summed E-state index contributed by atoms with van der Waals surface area (Å²) in [6.07, 6.45) is 2.27. The van der Waals surface area contributed by atoms with E-state index in [1.807, 2.05) is 12.3 Å². The van der Waals surface area contributed by atoms with Crippen LogP contribution in [0.2, 0.25) is 0 Å². The Morgan fingerprint density at radius 3 is 2.93 bits per heavy atom. The molecule has 0 radical (unpaired) electrons. The van der Waals surface area contributed by atoms with Gasteiger partial charge >= 0.3 is 0 Å². The Bertz CT molecular complexity index is 375. The zero-order chi connectivity index (χ0) is 11.3. The fourth-order valence-electron chi connectivity index (χ4n) is 1.13. The molecule has 5 nitrogen and oxygen atoms in total. The van der Waals surface area contributed by atoms with Crippen LogP contribution in [0.1, 0.15) is 24.4 Å². The number of sulfonamides is 1. The van der Waals surface area contributed by atoms with E-state index in [4.69, 9.17) is 5.14 Å². The van der Waals surface area contributed by atoms with Gasteiger partial charge in [-0.1, -0.05) is 0 Å². The highest BCUT2D eigenvalue weighted by Gasteiger charge is 2.07. The summed E-state index contributed by atoms with van der Waals surface area (Å²) in [6, 6.07) is 0.158. The Balaban J connectivity index is 2.21. The van der Waals surface area contributed by atoms with Crippen molar-refractivity contribution in [1.82, 2.24) is 10.3 Å². The number of nitrogens with two attached hydrogens (primary N) is 1. The minimum Gasteiger partial charge on any atom is -0.308 e. The van der Waals surface area contributed by atoms with Crippen LogP contribution in [-0.4, -0.2) is 25.7 Å². The maximum Gasteiger partial charge on any atom is 0.209 e. The summed E-state index contributed by atoms with van der Waals surface area (Å²) in [5.41, 5.74) is 0. The quantitative estimate of drug-likeness (QED) is 0.718. The SMILES string of the molecule is CC(NCCCS(N)(=O)=O)c1nccs1. The number of thiazole rings is 1. The summed E-state index contributed by atoms with van der Waals surface area (Å²) in [5, 5.41) is 11.0. The third-order valence-electron chi connectivity index (χ3n) is 1.88. The molecular weight excluding hydrogens is 234 g/mol. The van der Waals surface area contributed by atoms with Gasteiger partial charge in [-0.05, 0) is 19.9 Å². The summed E-state index contributed by atoms with van der Waals surface area (Å²) in [7, 11) is -3.33. The minimum absolute atomic E-state index is 0.0184. The van der Waals surface area contributed by atoms with E-state index in [9.17, 15) is 8.42 Å². The Morgan fingerprint density at radius 2 is 2.40 bits per heavy atom. The summed E-state index contributed by atoms with van der Waals surface area (Å²) in [4.78, 5) is 4.16. The highest BCUT2D eigenvalue weighted by atomic mass is 32.2. The van der Waals surface area contributed by atoms with E-state index in [-0.39, 0.29) is 11.8 Å². The molecule has 1 aromatic heterocycles. The van der Waals surface area contributed by atoms with E-state index >= 15 is 0 Å². The molecule has 0 fully saturated rings.